The molecule has 0 aromatic carbocycles. The van der Waals surface area contributed by atoms with E-state index in [2.05, 4.69) is 6.58 Å². The highest BCUT2D eigenvalue weighted by Gasteiger charge is 2.04. The van der Waals surface area contributed by atoms with Gasteiger partial charge in [0, 0.05) is 7.11 Å². The molecule has 0 radical (unpaired) electrons. The quantitative estimate of drug-likeness (QED) is 0.484. The largest absolute Gasteiger partial charge is 0.495 e. The fourth-order valence-electron chi connectivity index (χ4n) is 0.881. The maximum Gasteiger partial charge on any atom is 0.163 e. The van der Waals surface area contributed by atoms with Gasteiger partial charge in [-0.3, -0.25) is 0 Å². The van der Waals surface area contributed by atoms with Crippen LogP contribution in [0.25, 0.3) is 0 Å². The van der Waals surface area contributed by atoms with Crippen molar-refractivity contribution in [3.05, 3.63) is 35.8 Å². The predicted octanol–water partition coefficient (Wildman–Crippen LogP) is 2.27. The summed E-state index contributed by atoms with van der Waals surface area (Å²) in [5, 5.41) is 0. The zero-order chi connectivity index (χ0) is 11.0. The van der Waals surface area contributed by atoms with E-state index in [0.717, 1.165) is 5.57 Å². The van der Waals surface area contributed by atoms with Gasteiger partial charge in [-0.15, -0.1) is 0 Å². The molecule has 0 saturated heterocycles. The molecule has 80 valence electrons. The Labute approximate surface area is 85.7 Å². The smallest absolute Gasteiger partial charge is 0.163 e. The first-order valence-electron chi connectivity index (χ1n) is 4.30. The third-order valence-electron chi connectivity index (χ3n) is 1.70. The number of hydrogen-bond acceptors (Lipinski definition) is 3. The van der Waals surface area contributed by atoms with Crippen LogP contribution in [0.2, 0.25) is 0 Å². The van der Waals surface area contributed by atoms with Crippen LogP contribution >= 0.6 is 0 Å². The lowest BCUT2D eigenvalue weighted by atomic mass is 10.2. The molecule has 0 unspecified atom stereocenters. The molecule has 3 heteroatoms. The van der Waals surface area contributed by atoms with E-state index in [9.17, 15) is 0 Å². The number of methoxy groups -OCH3 is 3. The normalized spacial score (nSPS) is 13.3. The Morgan fingerprint density at radius 2 is 1.86 bits per heavy atom. The van der Waals surface area contributed by atoms with Crippen LogP contribution in [0.15, 0.2) is 35.8 Å². The third kappa shape index (κ3) is 4.14. The van der Waals surface area contributed by atoms with Gasteiger partial charge >= 0.3 is 0 Å². The third-order valence-corrected chi connectivity index (χ3v) is 1.70. The van der Waals surface area contributed by atoms with E-state index in [1.54, 1.807) is 27.4 Å². The first kappa shape index (κ1) is 12.8. The predicted molar refractivity (Wildman–Crippen MR) is 56.9 cm³/mol. The van der Waals surface area contributed by atoms with Gasteiger partial charge in [0.1, 0.15) is 6.61 Å². The van der Waals surface area contributed by atoms with Crippen LogP contribution in [-0.4, -0.2) is 27.9 Å². The molecule has 0 fully saturated rings. The van der Waals surface area contributed by atoms with Gasteiger partial charge in [0.15, 0.2) is 11.5 Å². The molecule has 0 atom stereocenters. The summed E-state index contributed by atoms with van der Waals surface area (Å²) in [6, 6.07) is 0. The Balaban J connectivity index is 4.87. The number of ether oxygens (including phenoxy) is 3. The van der Waals surface area contributed by atoms with Gasteiger partial charge in [0.05, 0.1) is 14.2 Å². The molecule has 0 N–H and O–H groups in total. The minimum Gasteiger partial charge on any atom is -0.495 e. The van der Waals surface area contributed by atoms with E-state index >= 15 is 0 Å². The molecule has 0 aliphatic rings. The van der Waals surface area contributed by atoms with Gasteiger partial charge < -0.3 is 14.2 Å². The maximum atomic E-state index is 5.18. The average Bonchev–Trinajstić information content (AvgIpc) is 2.22. The lowest BCUT2D eigenvalue weighted by molar-refractivity contribution is 0.141. The van der Waals surface area contributed by atoms with E-state index in [-0.39, 0.29) is 0 Å². The first-order chi connectivity index (χ1) is 6.69. The van der Waals surface area contributed by atoms with Crippen molar-refractivity contribution < 1.29 is 14.2 Å². The molecule has 14 heavy (non-hydrogen) atoms. The summed E-state index contributed by atoms with van der Waals surface area (Å²) in [7, 11) is 4.79. The second kappa shape index (κ2) is 7.21. The number of allylic oxidation sites excluding steroid dienone is 3. The minimum atomic E-state index is 0.389. The van der Waals surface area contributed by atoms with Gasteiger partial charge in [-0.25, -0.2) is 0 Å². The summed E-state index contributed by atoms with van der Waals surface area (Å²) in [6.45, 7) is 5.99. The van der Waals surface area contributed by atoms with E-state index in [1.165, 1.54) is 0 Å². The number of rotatable bonds is 6. The Kier molecular flexibility index (Phi) is 6.58. The van der Waals surface area contributed by atoms with Gasteiger partial charge in [-0.1, -0.05) is 12.7 Å². The standard InChI is InChI=1S/C11H18O3/c1-6-9(2)7-10(13-4)11(14-5)8-12-3/h6-7H,1,8H2,2-5H3/b9-7-,11-10-. The second-order valence-corrected chi connectivity index (χ2v) is 2.72. The highest BCUT2D eigenvalue weighted by molar-refractivity contribution is 5.26. The van der Waals surface area contributed by atoms with Crippen LogP contribution in [0.3, 0.4) is 0 Å². The Morgan fingerprint density at radius 1 is 1.21 bits per heavy atom. The van der Waals surface area contributed by atoms with Crippen molar-refractivity contribution in [3.8, 4) is 0 Å². The van der Waals surface area contributed by atoms with E-state index in [0.29, 0.717) is 18.1 Å². The summed E-state index contributed by atoms with van der Waals surface area (Å²) in [6.07, 6.45) is 3.60. The zero-order valence-electron chi connectivity index (χ0n) is 9.29. The van der Waals surface area contributed by atoms with Crippen molar-refractivity contribution in [2.24, 2.45) is 0 Å². The zero-order valence-corrected chi connectivity index (χ0v) is 9.29. The minimum absolute atomic E-state index is 0.389. The Hall–Kier alpha value is -1.22. The second-order valence-electron chi connectivity index (χ2n) is 2.72. The van der Waals surface area contributed by atoms with Gasteiger partial charge in [0.25, 0.3) is 0 Å². The lowest BCUT2D eigenvalue weighted by Gasteiger charge is -2.09. The lowest BCUT2D eigenvalue weighted by Crippen LogP contribution is -2.02. The molecule has 3 nitrogen and oxygen atoms in total. The molecule has 0 saturated carbocycles. The Bertz CT molecular complexity index is 239. The monoisotopic (exact) mass is 198 g/mol. The van der Waals surface area contributed by atoms with Crippen LogP contribution in [-0.2, 0) is 14.2 Å². The SMILES string of the molecule is C=C/C(C)=C\C(OC)=C(/COC)OC. The van der Waals surface area contributed by atoms with Crippen molar-refractivity contribution in [2.75, 3.05) is 27.9 Å². The van der Waals surface area contributed by atoms with Gasteiger partial charge in [-0.05, 0) is 18.6 Å². The summed E-state index contributed by atoms with van der Waals surface area (Å²) >= 11 is 0. The van der Waals surface area contributed by atoms with Gasteiger partial charge in [-0.2, -0.15) is 0 Å². The van der Waals surface area contributed by atoms with Crippen LogP contribution in [0.5, 0.6) is 0 Å². The molecule has 0 bridgehead atoms. The van der Waals surface area contributed by atoms with Crippen LogP contribution < -0.4 is 0 Å². The molecule has 0 aliphatic carbocycles. The van der Waals surface area contributed by atoms with Crippen molar-refractivity contribution in [2.45, 2.75) is 6.92 Å². The summed E-state index contributed by atoms with van der Waals surface area (Å²) in [5.74, 6) is 1.32. The van der Waals surface area contributed by atoms with Crippen LogP contribution in [0, 0.1) is 0 Å². The molecule has 0 aromatic heterocycles. The first-order valence-corrected chi connectivity index (χ1v) is 4.30. The summed E-state index contributed by atoms with van der Waals surface area (Å²) in [5.41, 5.74) is 1.01. The number of hydrogen-bond donors (Lipinski definition) is 0. The summed E-state index contributed by atoms with van der Waals surface area (Å²) < 4.78 is 15.3. The van der Waals surface area contributed by atoms with Crippen LogP contribution in [0.4, 0.5) is 0 Å². The molecule has 0 amide bonds. The summed E-state index contributed by atoms with van der Waals surface area (Å²) in [4.78, 5) is 0. The highest BCUT2D eigenvalue weighted by atomic mass is 16.5. The molecule has 0 heterocycles. The topological polar surface area (TPSA) is 27.7 Å². The van der Waals surface area contributed by atoms with Crippen molar-refractivity contribution in [3.63, 3.8) is 0 Å². The van der Waals surface area contributed by atoms with Crippen molar-refractivity contribution >= 4 is 0 Å². The van der Waals surface area contributed by atoms with E-state index < -0.39 is 0 Å². The fraction of sp³-hybridized carbons (Fsp3) is 0.455. The molecular weight excluding hydrogens is 180 g/mol. The Morgan fingerprint density at radius 3 is 2.21 bits per heavy atom. The van der Waals surface area contributed by atoms with Crippen molar-refractivity contribution in [1.29, 1.82) is 0 Å². The average molecular weight is 198 g/mol. The fourth-order valence-corrected chi connectivity index (χ4v) is 0.881. The molecule has 0 spiro atoms. The van der Waals surface area contributed by atoms with Crippen LogP contribution in [0.1, 0.15) is 6.92 Å². The maximum absolute atomic E-state index is 5.18. The molecule has 0 aliphatic heterocycles. The highest BCUT2D eigenvalue weighted by Crippen LogP contribution is 2.11. The molecular formula is C11H18O3. The van der Waals surface area contributed by atoms with Gasteiger partial charge in [0.2, 0.25) is 0 Å². The van der Waals surface area contributed by atoms with E-state index in [4.69, 9.17) is 14.2 Å². The van der Waals surface area contributed by atoms with Crippen molar-refractivity contribution in [1.82, 2.24) is 0 Å². The van der Waals surface area contributed by atoms with E-state index in [1.807, 2.05) is 13.0 Å². The molecule has 0 rings (SSSR count). The molecule has 0 aromatic rings.